The summed E-state index contributed by atoms with van der Waals surface area (Å²) in [5.74, 6) is 1.01. The molecular formula is C22H30IO-. The molecule has 0 aliphatic heterocycles. The van der Waals surface area contributed by atoms with Crippen LogP contribution in [0, 0.1) is 7.14 Å². The van der Waals surface area contributed by atoms with Gasteiger partial charge in [0, 0.05) is 0 Å². The fourth-order valence-electron chi connectivity index (χ4n) is 2.62. The fourth-order valence-corrected chi connectivity index (χ4v) is 4.84. The molecule has 1 nitrogen and oxygen atoms in total. The maximum absolute atomic E-state index is 5.87. The van der Waals surface area contributed by atoms with Crippen molar-refractivity contribution >= 4 is 0 Å². The SMILES string of the molecule is CCCCCCCCCCOc1ccc([I-]c2ccccc2)cc1. The van der Waals surface area contributed by atoms with E-state index in [1.165, 1.54) is 58.5 Å². The Morgan fingerprint density at radius 2 is 1.25 bits per heavy atom. The number of unbranched alkanes of at least 4 members (excludes halogenated alkanes) is 7. The molecule has 0 aliphatic rings. The van der Waals surface area contributed by atoms with Gasteiger partial charge in [-0.15, -0.1) is 0 Å². The normalized spacial score (nSPS) is 10.9. The second-order valence-electron chi connectivity index (χ2n) is 6.17. The first-order valence-electron chi connectivity index (χ1n) is 9.31. The molecule has 2 rings (SSSR count). The summed E-state index contributed by atoms with van der Waals surface area (Å²) < 4.78 is 8.77. The molecule has 2 aromatic carbocycles. The van der Waals surface area contributed by atoms with E-state index in [0.29, 0.717) is 0 Å². The van der Waals surface area contributed by atoms with E-state index in [1.807, 2.05) is 0 Å². The summed E-state index contributed by atoms with van der Waals surface area (Å²) in [5.41, 5.74) is 0. The van der Waals surface area contributed by atoms with E-state index in [-0.39, 0.29) is 21.2 Å². The average Bonchev–Trinajstić information content (AvgIpc) is 2.62. The Morgan fingerprint density at radius 1 is 0.667 bits per heavy atom. The van der Waals surface area contributed by atoms with E-state index < -0.39 is 0 Å². The second kappa shape index (κ2) is 12.3. The molecule has 0 aliphatic carbocycles. The summed E-state index contributed by atoms with van der Waals surface area (Å²) in [5, 5.41) is 0. The fraction of sp³-hybridized carbons (Fsp3) is 0.455. The topological polar surface area (TPSA) is 9.23 Å². The van der Waals surface area contributed by atoms with Crippen LogP contribution < -0.4 is 25.9 Å². The molecule has 0 aromatic heterocycles. The Balaban J connectivity index is 1.57. The number of ether oxygens (including phenoxy) is 1. The summed E-state index contributed by atoms with van der Waals surface area (Å²) in [7, 11) is 0. The van der Waals surface area contributed by atoms with Gasteiger partial charge in [-0.25, -0.2) is 0 Å². The molecule has 0 heterocycles. The van der Waals surface area contributed by atoms with Gasteiger partial charge in [0.15, 0.2) is 0 Å². The van der Waals surface area contributed by atoms with Crippen molar-refractivity contribution in [1.29, 1.82) is 0 Å². The first kappa shape index (κ1) is 19.3. The van der Waals surface area contributed by atoms with Gasteiger partial charge in [0.1, 0.15) is 0 Å². The molecule has 24 heavy (non-hydrogen) atoms. The van der Waals surface area contributed by atoms with Crippen LogP contribution in [-0.4, -0.2) is 6.61 Å². The third kappa shape index (κ3) is 8.18. The number of halogens is 1. The van der Waals surface area contributed by atoms with Crippen molar-refractivity contribution in [2.75, 3.05) is 6.61 Å². The van der Waals surface area contributed by atoms with Gasteiger partial charge in [-0.3, -0.25) is 0 Å². The summed E-state index contributed by atoms with van der Waals surface area (Å²) in [6.45, 7) is 3.12. The third-order valence-electron chi connectivity index (χ3n) is 4.03. The number of benzene rings is 2. The minimum absolute atomic E-state index is 0.0686. The summed E-state index contributed by atoms with van der Waals surface area (Å²) in [6.07, 6.45) is 10.7. The third-order valence-corrected chi connectivity index (χ3v) is 6.72. The van der Waals surface area contributed by atoms with E-state index in [4.69, 9.17) is 4.74 Å². The zero-order chi connectivity index (χ0) is 16.9. The standard InChI is InChI=1S/C22H30IO/c1-2-3-4-5-6-7-8-12-19-24-22-17-15-21(16-18-22)23-20-13-10-9-11-14-20/h9-11,13-18H,2-8,12,19H2,1H3/q-1. The first-order chi connectivity index (χ1) is 11.9. The van der Waals surface area contributed by atoms with Gasteiger partial charge in [-0.2, -0.15) is 0 Å². The molecular weight excluding hydrogens is 407 g/mol. The molecule has 0 unspecified atom stereocenters. The van der Waals surface area contributed by atoms with Crippen LogP contribution in [0.15, 0.2) is 54.6 Å². The molecule has 0 amide bonds. The molecule has 0 saturated heterocycles. The van der Waals surface area contributed by atoms with Crippen molar-refractivity contribution in [1.82, 2.24) is 0 Å². The Kier molecular flexibility index (Phi) is 9.93. The van der Waals surface area contributed by atoms with Crippen molar-refractivity contribution in [2.24, 2.45) is 0 Å². The monoisotopic (exact) mass is 437 g/mol. The van der Waals surface area contributed by atoms with Gasteiger partial charge in [0.2, 0.25) is 0 Å². The maximum atomic E-state index is 5.87. The quantitative estimate of drug-likeness (QED) is 0.366. The van der Waals surface area contributed by atoms with Crippen molar-refractivity contribution in [3.63, 3.8) is 0 Å². The summed E-state index contributed by atoms with van der Waals surface area (Å²) in [4.78, 5) is 0. The molecule has 0 atom stereocenters. The predicted molar refractivity (Wildman–Crippen MR) is 98.4 cm³/mol. The zero-order valence-corrected chi connectivity index (χ0v) is 17.0. The van der Waals surface area contributed by atoms with Crippen LogP contribution in [0.4, 0.5) is 0 Å². The summed E-state index contributed by atoms with van der Waals surface area (Å²) >= 11 is -0.0686. The molecule has 0 N–H and O–H groups in total. The van der Waals surface area contributed by atoms with E-state index in [9.17, 15) is 0 Å². The molecule has 132 valence electrons. The zero-order valence-electron chi connectivity index (χ0n) is 14.8. The van der Waals surface area contributed by atoms with Crippen molar-refractivity contribution in [2.45, 2.75) is 58.3 Å². The van der Waals surface area contributed by atoms with Gasteiger partial charge < -0.3 is 0 Å². The minimum atomic E-state index is -0.0686. The molecule has 0 radical (unpaired) electrons. The van der Waals surface area contributed by atoms with E-state index in [1.54, 1.807) is 0 Å². The molecule has 2 heteroatoms. The van der Waals surface area contributed by atoms with Gasteiger partial charge in [-0.1, -0.05) is 19.8 Å². The van der Waals surface area contributed by atoms with Crippen LogP contribution in [-0.2, 0) is 0 Å². The van der Waals surface area contributed by atoms with Gasteiger partial charge in [-0.05, 0) is 0 Å². The summed E-state index contributed by atoms with van der Waals surface area (Å²) in [6, 6.07) is 19.5. The van der Waals surface area contributed by atoms with Crippen molar-refractivity contribution < 1.29 is 25.9 Å². The number of hydrogen-bond acceptors (Lipinski definition) is 1. The van der Waals surface area contributed by atoms with Crippen LogP contribution in [0.3, 0.4) is 0 Å². The van der Waals surface area contributed by atoms with E-state index in [0.717, 1.165) is 12.4 Å². The van der Waals surface area contributed by atoms with Crippen LogP contribution in [0.2, 0.25) is 0 Å². The Labute approximate surface area is 158 Å². The van der Waals surface area contributed by atoms with Gasteiger partial charge in [0.05, 0.1) is 0 Å². The van der Waals surface area contributed by atoms with E-state index >= 15 is 0 Å². The predicted octanol–water partition coefficient (Wildman–Crippen LogP) is 3.33. The molecule has 2 aromatic rings. The molecule has 0 fully saturated rings. The van der Waals surface area contributed by atoms with Crippen molar-refractivity contribution in [3.05, 3.63) is 61.7 Å². The van der Waals surface area contributed by atoms with E-state index in [2.05, 4.69) is 61.5 Å². The Hall–Kier alpha value is -1.03. The van der Waals surface area contributed by atoms with Crippen LogP contribution in [0.1, 0.15) is 58.3 Å². The Morgan fingerprint density at radius 3 is 1.92 bits per heavy atom. The van der Waals surface area contributed by atoms with Crippen molar-refractivity contribution in [3.8, 4) is 5.75 Å². The van der Waals surface area contributed by atoms with Crippen LogP contribution >= 0.6 is 0 Å². The molecule has 0 spiro atoms. The Bertz CT molecular complexity index is 536. The molecule has 0 bridgehead atoms. The number of hydrogen-bond donors (Lipinski definition) is 0. The van der Waals surface area contributed by atoms with Crippen LogP contribution in [0.5, 0.6) is 5.75 Å². The van der Waals surface area contributed by atoms with Gasteiger partial charge >= 0.3 is 139 Å². The number of rotatable bonds is 12. The second-order valence-corrected chi connectivity index (χ2v) is 9.20. The first-order valence-corrected chi connectivity index (χ1v) is 11.5. The average molecular weight is 437 g/mol. The molecule has 0 saturated carbocycles. The van der Waals surface area contributed by atoms with Gasteiger partial charge in [0.25, 0.3) is 0 Å². The van der Waals surface area contributed by atoms with Crippen LogP contribution in [0.25, 0.3) is 0 Å².